The normalized spacial score (nSPS) is 10.7. The maximum absolute atomic E-state index is 5.90. The number of benzene rings is 1. The van der Waals surface area contributed by atoms with Crippen LogP contribution in [0, 0.1) is 0 Å². The molecule has 20 heavy (non-hydrogen) atoms. The molecule has 1 aromatic carbocycles. The zero-order valence-electron chi connectivity index (χ0n) is 10.8. The number of hydrogen-bond donors (Lipinski definition) is 1. The first-order chi connectivity index (χ1) is 9.63. The summed E-state index contributed by atoms with van der Waals surface area (Å²) in [6, 6.07) is 9.53. The predicted octanol–water partition coefficient (Wildman–Crippen LogP) is 2.89. The lowest BCUT2D eigenvalue weighted by Crippen LogP contribution is -1.98. The summed E-state index contributed by atoms with van der Waals surface area (Å²) >= 11 is 3.51. The van der Waals surface area contributed by atoms with Crippen molar-refractivity contribution < 1.29 is 0 Å². The first kappa shape index (κ1) is 12.8. The van der Waals surface area contributed by atoms with Crippen LogP contribution in [0.25, 0.3) is 22.6 Å². The second-order valence-corrected chi connectivity index (χ2v) is 5.24. The van der Waals surface area contributed by atoms with Gasteiger partial charge in [-0.1, -0.05) is 34.1 Å². The summed E-state index contributed by atoms with van der Waals surface area (Å²) in [6.07, 6.45) is 3.65. The van der Waals surface area contributed by atoms with Gasteiger partial charge in [-0.05, 0) is 6.07 Å². The largest absolute Gasteiger partial charge is 0.384 e. The third kappa shape index (κ3) is 2.42. The summed E-state index contributed by atoms with van der Waals surface area (Å²) in [6.45, 7) is 0. The number of hydrogen-bond acceptors (Lipinski definition) is 4. The Bertz CT molecular complexity index is 766. The third-order valence-corrected chi connectivity index (χ3v) is 3.55. The van der Waals surface area contributed by atoms with Crippen LogP contribution in [0.3, 0.4) is 0 Å². The second-order valence-electron chi connectivity index (χ2n) is 4.38. The lowest BCUT2D eigenvalue weighted by molar-refractivity contribution is 0.768. The lowest BCUT2D eigenvalue weighted by atomic mass is 10.2. The topological polar surface area (TPSA) is 69.6 Å². The lowest BCUT2D eigenvalue weighted by Gasteiger charge is -2.06. The van der Waals surface area contributed by atoms with Crippen molar-refractivity contribution in [3.05, 3.63) is 47.2 Å². The molecule has 0 atom stereocenters. The average molecular weight is 330 g/mol. The number of anilines is 1. The van der Waals surface area contributed by atoms with Crippen LogP contribution >= 0.6 is 15.9 Å². The number of nitrogen functional groups attached to an aromatic ring is 1. The summed E-state index contributed by atoms with van der Waals surface area (Å²) in [7, 11) is 1.86. The van der Waals surface area contributed by atoms with Crippen molar-refractivity contribution in [3.63, 3.8) is 0 Å². The molecule has 0 spiro atoms. The first-order valence-electron chi connectivity index (χ1n) is 6.02. The maximum Gasteiger partial charge on any atom is 0.163 e. The first-order valence-corrected chi connectivity index (χ1v) is 6.81. The zero-order valence-corrected chi connectivity index (χ0v) is 12.4. The fourth-order valence-electron chi connectivity index (χ4n) is 1.93. The molecule has 0 saturated carbocycles. The number of rotatable bonds is 2. The van der Waals surface area contributed by atoms with E-state index in [0.29, 0.717) is 11.6 Å². The smallest absolute Gasteiger partial charge is 0.163 e. The predicted molar refractivity (Wildman–Crippen MR) is 81.8 cm³/mol. The molecule has 0 saturated heterocycles. The van der Waals surface area contributed by atoms with Gasteiger partial charge in [0.05, 0.1) is 11.9 Å². The van der Waals surface area contributed by atoms with Crippen molar-refractivity contribution in [2.24, 2.45) is 7.05 Å². The van der Waals surface area contributed by atoms with E-state index in [9.17, 15) is 0 Å². The summed E-state index contributed by atoms with van der Waals surface area (Å²) < 4.78 is 2.66. The van der Waals surface area contributed by atoms with Gasteiger partial charge in [0.2, 0.25) is 0 Å². The number of aryl methyl sites for hydroxylation is 1. The van der Waals surface area contributed by atoms with Gasteiger partial charge >= 0.3 is 0 Å². The average Bonchev–Trinajstić information content (AvgIpc) is 2.85. The van der Waals surface area contributed by atoms with Gasteiger partial charge in [0.25, 0.3) is 0 Å². The minimum Gasteiger partial charge on any atom is -0.384 e. The Morgan fingerprint density at radius 1 is 1.20 bits per heavy atom. The van der Waals surface area contributed by atoms with Crippen LogP contribution in [0.1, 0.15) is 0 Å². The van der Waals surface area contributed by atoms with Crippen LogP contribution in [0.15, 0.2) is 47.2 Å². The van der Waals surface area contributed by atoms with Gasteiger partial charge in [-0.3, -0.25) is 4.68 Å². The standard InChI is InChI=1S/C14H12BrN5/c1-20-8-9(7-17-20)12-6-13(16)19-14(18-12)10-4-2-3-5-11(10)15/h2-8H,1H3,(H2,16,18,19). The molecule has 0 bridgehead atoms. The summed E-state index contributed by atoms with van der Waals surface area (Å²) in [4.78, 5) is 8.88. The van der Waals surface area contributed by atoms with Gasteiger partial charge in [-0.2, -0.15) is 5.10 Å². The van der Waals surface area contributed by atoms with E-state index in [-0.39, 0.29) is 0 Å². The third-order valence-electron chi connectivity index (χ3n) is 2.86. The van der Waals surface area contributed by atoms with Crippen LogP contribution in [0.2, 0.25) is 0 Å². The summed E-state index contributed by atoms with van der Waals surface area (Å²) in [5.74, 6) is 1.03. The van der Waals surface area contributed by atoms with E-state index < -0.39 is 0 Å². The molecule has 0 radical (unpaired) electrons. The van der Waals surface area contributed by atoms with Gasteiger partial charge in [-0.15, -0.1) is 0 Å². The minimum atomic E-state index is 0.435. The SMILES string of the molecule is Cn1cc(-c2cc(N)nc(-c3ccccc3Br)n2)cn1. The van der Waals surface area contributed by atoms with Crippen LogP contribution in [0.4, 0.5) is 5.82 Å². The monoisotopic (exact) mass is 329 g/mol. The van der Waals surface area contributed by atoms with Crippen LogP contribution < -0.4 is 5.73 Å². The number of aromatic nitrogens is 4. The molecule has 5 nitrogen and oxygen atoms in total. The highest BCUT2D eigenvalue weighted by Crippen LogP contribution is 2.28. The molecule has 2 heterocycles. The van der Waals surface area contributed by atoms with Gasteiger partial charge in [0.15, 0.2) is 5.82 Å². The minimum absolute atomic E-state index is 0.435. The van der Waals surface area contributed by atoms with Gasteiger partial charge < -0.3 is 5.73 Å². The molecule has 100 valence electrons. The molecule has 0 aliphatic heterocycles. The molecule has 3 aromatic rings. The highest BCUT2D eigenvalue weighted by atomic mass is 79.9. The molecular weight excluding hydrogens is 318 g/mol. The van der Waals surface area contributed by atoms with Crippen molar-refractivity contribution in [2.75, 3.05) is 5.73 Å². The van der Waals surface area contributed by atoms with E-state index in [1.54, 1.807) is 16.9 Å². The molecule has 2 aromatic heterocycles. The Balaban J connectivity index is 2.14. The van der Waals surface area contributed by atoms with E-state index in [2.05, 4.69) is 31.0 Å². The Hall–Kier alpha value is -2.21. The molecule has 6 heteroatoms. The molecule has 0 unspecified atom stereocenters. The molecule has 0 amide bonds. The Morgan fingerprint density at radius 3 is 2.70 bits per heavy atom. The van der Waals surface area contributed by atoms with Gasteiger partial charge in [0, 0.05) is 34.9 Å². The number of nitrogens with two attached hydrogens (primary N) is 1. The number of nitrogens with zero attached hydrogens (tertiary/aromatic N) is 4. The Labute approximate surface area is 124 Å². The second kappa shape index (κ2) is 5.05. The van der Waals surface area contributed by atoms with Crippen LogP contribution in [-0.4, -0.2) is 19.7 Å². The summed E-state index contributed by atoms with van der Waals surface area (Å²) in [5, 5.41) is 4.15. The number of halogens is 1. The fourth-order valence-corrected chi connectivity index (χ4v) is 2.39. The van der Waals surface area contributed by atoms with Gasteiger partial charge in [-0.25, -0.2) is 9.97 Å². The van der Waals surface area contributed by atoms with Crippen molar-refractivity contribution in [3.8, 4) is 22.6 Å². The molecule has 3 rings (SSSR count). The van der Waals surface area contributed by atoms with Crippen molar-refractivity contribution in [1.29, 1.82) is 0 Å². The zero-order chi connectivity index (χ0) is 14.1. The molecule has 0 fully saturated rings. The van der Waals surface area contributed by atoms with Crippen molar-refractivity contribution in [1.82, 2.24) is 19.7 Å². The van der Waals surface area contributed by atoms with Crippen LogP contribution in [-0.2, 0) is 7.05 Å². The van der Waals surface area contributed by atoms with Crippen LogP contribution in [0.5, 0.6) is 0 Å². The van der Waals surface area contributed by atoms with E-state index >= 15 is 0 Å². The highest BCUT2D eigenvalue weighted by Gasteiger charge is 2.10. The van der Waals surface area contributed by atoms with Crippen molar-refractivity contribution in [2.45, 2.75) is 0 Å². The van der Waals surface area contributed by atoms with E-state index in [4.69, 9.17) is 5.73 Å². The molecule has 0 aliphatic carbocycles. The summed E-state index contributed by atoms with van der Waals surface area (Å²) in [5.41, 5.74) is 8.48. The molecular formula is C14H12BrN5. The molecule has 2 N–H and O–H groups in total. The van der Waals surface area contributed by atoms with Crippen molar-refractivity contribution >= 4 is 21.7 Å². The highest BCUT2D eigenvalue weighted by molar-refractivity contribution is 9.10. The quantitative estimate of drug-likeness (QED) is 0.784. The van der Waals surface area contributed by atoms with E-state index in [1.165, 1.54) is 0 Å². The fraction of sp³-hybridized carbons (Fsp3) is 0.0714. The molecule has 0 aliphatic rings. The van der Waals surface area contributed by atoms with E-state index in [0.717, 1.165) is 21.3 Å². The van der Waals surface area contributed by atoms with Gasteiger partial charge in [0.1, 0.15) is 5.82 Å². The maximum atomic E-state index is 5.90. The Kier molecular flexibility index (Phi) is 3.23. The Morgan fingerprint density at radius 2 is 2.00 bits per heavy atom. The van der Waals surface area contributed by atoms with E-state index in [1.807, 2.05) is 37.5 Å².